The molecule has 1 aromatic carbocycles. The molecular formula is C15H19N3O. The molecule has 4 heteroatoms. The lowest BCUT2D eigenvalue weighted by atomic mass is 10.0. The second-order valence-corrected chi connectivity index (χ2v) is 5.02. The van der Waals surface area contributed by atoms with Crippen LogP contribution in [-0.2, 0) is 12.8 Å². The Bertz CT molecular complexity index is 562. The number of rotatable bonds is 4. The Balaban J connectivity index is 1.83. The maximum atomic E-state index is 5.36. The zero-order valence-corrected chi connectivity index (χ0v) is 11.3. The van der Waals surface area contributed by atoms with Crippen molar-refractivity contribution >= 4 is 5.69 Å². The van der Waals surface area contributed by atoms with E-state index >= 15 is 0 Å². The molecule has 3 rings (SSSR count). The fourth-order valence-electron chi connectivity index (χ4n) is 2.42. The third-order valence-corrected chi connectivity index (χ3v) is 3.51. The number of aryl methyl sites for hydroxylation is 2. The van der Waals surface area contributed by atoms with E-state index in [0.29, 0.717) is 5.89 Å². The Morgan fingerprint density at radius 2 is 2.32 bits per heavy atom. The van der Waals surface area contributed by atoms with E-state index < -0.39 is 0 Å². The lowest BCUT2D eigenvalue weighted by Gasteiger charge is -2.17. The second-order valence-electron chi connectivity index (χ2n) is 5.02. The van der Waals surface area contributed by atoms with E-state index in [0.717, 1.165) is 43.6 Å². The van der Waals surface area contributed by atoms with E-state index in [-0.39, 0.29) is 0 Å². The van der Waals surface area contributed by atoms with Crippen molar-refractivity contribution < 1.29 is 4.52 Å². The average molecular weight is 257 g/mol. The summed E-state index contributed by atoms with van der Waals surface area (Å²) >= 11 is 0. The highest BCUT2D eigenvalue weighted by molar-refractivity contribution is 5.63. The van der Waals surface area contributed by atoms with Crippen molar-refractivity contribution in [2.45, 2.75) is 39.0 Å². The fourth-order valence-corrected chi connectivity index (χ4v) is 2.42. The zero-order valence-electron chi connectivity index (χ0n) is 11.3. The standard InChI is InChI=1S/C15H19N3O/c1-2-3-6-14-17-15(19-18-14)12-7-8-13-11(10-12)5-4-9-16-13/h7-8,10,16H,2-6,9H2,1H3. The van der Waals surface area contributed by atoms with Crippen LogP contribution in [0.2, 0.25) is 0 Å². The van der Waals surface area contributed by atoms with E-state index in [4.69, 9.17) is 4.52 Å². The lowest BCUT2D eigenvalue weighted by Crippen LogP contribution is -2.11. The van der Waals surface area contributed by atoms with Crippen LogP contribution < -0.4 is 5.32 Å². The van der Waals surface area contributed by atoms with Crippen LogP contribution >= 0.6 is 0 Å². The Hall–Kier alpha value is -1.84. The van der Waals surface area contributed by atoms with Crippen LogP contribution in [0.4, 0.5) is 5.69 Å². The molecule has 0 aliphatic carbocycles. The molecule has 0 amide bonds. The molecule has 2 heterocycles. The maximum Gasteiger partial charge on any atom is 0.257 e. The molecule has 0 saturated heterocycles. The fraction of sp³-hybridized carbons (Fsp3) is 0.467. The largest absolute Gasteiger partial charge is 0.385 e. The van der Waals surface area contributed by atoms with E-state index in [2.05, 4.69) is 34.5 Å². The van der Waals surface area contributed by atoms with Gasteiger partial charge in [-0.3, -0.25) is 0 Å². The quantitative estimate of drug-likeness (QED) is 0.911. The van der Waals surface area contributed by atoms with Crippen LogP contribution in [0.15, 0.2) is 22.7 Å². The number of anilines is 1. The number of nitrogens with zero attached hydrogens (tertiary/aromatic N) is 2. The first-order valence-electron chi connectivity index (χ1n) is 7.06. The van der Waals surface area contributed by atoms with Crippen molar-refractivity contribution in [1.29, 1.82) is 0 Å². The third-order valence-electron chi connectivity index (χ3n) is 3.51. The van der Waals surface area contributed by atoms with Crippen LogP contribution in [0, 0.1) is 0 Å². The van der Waals surface area contributed by atoms with Crippen molar-refractivity contribution in [3.05, 3.63) is 29.6 Å². The Morgan fingerprint density at radius 1 is 1.37 bits per heavy atom. The first kappa shape index (κ1) is 12.2. The predicted octanol–water partition coefficient (Wildman–Crippen LogP) is 3.44. The smallest absolute Gasteiger partial charge is 0.257 e. The van der Waals surface area contributed by atoms with Gasteiger partial charge in [0.15, 0.2) is 5.82 Å². The monoisotopic (exact) mass is 257 g/mol. The molecule has 19 heavy (non-hydrogen) atoms. The average Bonchev–Trinajstić information content (AvgIpc) is 2.93. The summed E-state index contributed by atoms with van der Waals surface area (Å²) in [6.07, 6.45) is 5.45. The number of aromatic nitrogens is 2. The molecule has 0 atom stereocenters. The predicted molar refractivity (Wildman–Crippen MR) is 75.2 cm³/mol. The van der Waals surface area contributed by atoms with E-state index in [1.54, 1.807) is 0 Å². The molecule has 1 N–H and O–H groups in total. The molecule has 100 valence electrons. The van der Waals surface area contributed by atoms with Gasteiger partial charge in [-0.15, -0.1) is 0 Å². The van der Waals surface area contributed by atoms with Gasteiger partial charge in [0.2, 0.25) is 0 Å². The van der Waals surface area contributed by atoms with Gasteiger partial charge in [0.05, 0.1) is 0 Å². The van der Waals surface area contributed by atoms with Gasteiger partial charge in [0.25, 0.3) is 5.89 Å². The minimum absolute atomic E-state index is 0.638. The van der Waals surface area contributed by atoms with Crippen LogP contribution in [-0.4, -0.2) is 16.7 Å². The molecule has 0 fully saturated rings. The molecule has 1 aliphatic heterocycles. The molecule has 1 aliphatic rings. The van der Waals surface area contributed by atoms with Gasteiger partial charge in [-0.1, -0.05) is 18.5 Å². The van der Waals surface area contributed by atoms with E-state index in [1.807, 2.05) is 6.07 Å². The summed E-state index contributed by atoms with van der Waals surface area (Å²) in [6, 6.07) is 6.33. The molecule has 2 aromatic rings. The first-order valence-corrected chi connectivity index (χ1v) is 7.06. The second kappa shape index (κ2) is 5.43. The van der Waals surface area contributed by atoms with Crippen molar-refractivity contribution in [3.8, 4) is 11.5 Å². The van der Waals surface area contributed by atoms with Gasteiger partial charge in [0.1, 0.15) is 0 Å². The normalized spacial score (nSPS) is 13.9. The van der Waals surface area contributed by atoms with Gasteiger partial charge in [-0.05, 0) is 43.0 Å². The van der Waals surface area contributed by atoms with Gasteiger partial charge in [-0.25, -0.2) is 0 Å². The molecule has 0 radical (unpaired) electrons. The van der Waals surface area contributed by atoms with Crippen LogP contribution in [0.25, 0.3) is 11.5 Å². The molecule has 0 unspecified atom stereocenters. The van der Waals surface area contributed by atoms with E-state index in [1.165, 1.54) is 17.7 Å². The zero-order chi connectivity index (χ0) is 13.1. The van der Waals surface area contributed by atoms with E-state index in [9.17, 15) is 0 Å². The number of nitrogens with one attached hydrogen (secondary N) is 1. The van der Waals surface area contributed by atoms with Gasteiger partial charge < -0.3 is 9.84 Å². The molecule has 1 aromatic heterocycles. The maximum absolute atomic E-state index is 5.36. The Labute approximate surface area is 113 Å². The summed E-state index contributed by atoms with van der Waals surface area (Å²) in [7, 11) is 0. The van der Waals surface area contributed by atoms with Gasteiger partial charge in [-0.2, -0.15) is 4.98 Å². The van der Waals surface area contributed by atoms with Gasteiger partial charge >= 0.3 is 0 Å². The highest BCUT2D eigenvalue weighted by Gasteiger charge is 2.13. The van der Waals surface area contributed by atoms with Crippen molar-refractivity contribution in [2.75, 3.05) is 11.9 Å². The number of benzene rings is 1. The summed E-state index contributed by atoms with van der Waals surface area (Å²) in [5.74, 6) is 1.45. The highest BCUT2D eigenvalue weighted by atomic mass is 16.5. The highest BCUT2D eigenvalue weighted by Crippen LogP contribution is 2.27. The van der Waals surface area contributed by atoms with Gasteiger partial charge in [0, 0.05) is 24.2 Å². The minimum atomic E-state index is 0.638. The summed E-state index contributed by atoms with van der Waals surface area (Å²) in [5.41, 5.74) is 3.61. The molecule has 0 bridgehead atoms. The van der Waals surface area contributed by atoms with Crippen LogP contribution in [0.5, 0.6) is 0 Å². The summed E-state index contributed by atoms with van der Waals surface area (Å²) in [6.45, 7) is 3.23. The molecule has 0 spiro atoms. The topological polar surface area (TPSA) is 51.0 Å². The van der Waals surface area contributed by atoms with Crippen LogP contribution in [0.3, 0.4) is 0 Å². The number of fused-ring (bicyclic) bond motifs is 1. The molecule has 0 saturated carbocycles. The summed E-state index contributed by atoms with van der Waals surface area (Å²) < 4.78 is 5.36. The first-order chi connectivity index (χ1) is 9.36. The van der Waals surface area contributed by atoms with Crippen molar-refractivity contribution in [2.24, 2.45) is 0 Å². The molecule has 4 nitrogen and oxygen atoms in total. The van der Waals surface area contributed by atoms with Crippen LogP contribution in [0.1, 0.15) is 37.6 Å². The lowest BCUT2D eigenvalue weighted by molar-refractivity contribution is 0.421. The summed E-state index contributed by atoms with van der Waals surface area (Å²) in [4.78, 5) is 4.47. The Morgan fingerprint density at radius 3 is 3.21 bits per heavy atom. The SMILES string of the molecule is CCCCc1noc(-c2ccc3c(c2)CCCN3)n1. The number of hydrogen-bond donors (Lipinski definition) is 1. The molecular weight excluding hydrogens is 238 g/mol. The minimum Gasteiger partial charge on any atom is -0.385 e. The third kappa shape index (κ3) is 2.62. The number of unbranched alkanes of at least 4 members (excludes halogenated alkanes) is 1. The van der Waals surface area contributed by atoms with Crippen molar-refractivity contribution in [3.63, 3.8) is 0 Å². The van der Waals surface area contributed by atoms with Crippen molar-refractivity contribution in [1.82, 2.24) is 10.1 Å². The Kier molecular flexibility index (Phi) is 3.49. The number of hydrogen-bond acceptors (Lipinski definition) is 4. The summed E-state index contributed by atoms with van der Waals surface area (Å²) in [5, 5.41) is 7.45.